The van der Waals surface area contributed by atoms with Gasteiger partial charge in [-0.3, -0.25) is 4.79 Å². The molecule has 1 rings (SSSR count). The van der Waals surface area contributed by atoms with Crippen molar-refractivity contribution < 1.29 is 19.4 Å². The number of carbonyl (C=O) groups is 2. The molecule has 1 aliphatic heterocycles. The van der Waals surface area contributed by atoms with Crippen molar-refractivity contribution in [2.24, 2.45) is 0 Å². The third-order valence-electron chi connectivity index (χ3n) is 3.10. The number of methoxy groups -OCH3 is 1. The van der Waals surface area contributed by atoms with Gasteiger partial charge in [0.05, 0.1) is 0 Å². The zero-order chi connectivity index (χ0) is 12.7. The molecule has 17 heavy (non-hydrogen) atoms. The van der Waals surface area contributed by atoms with E-state index in [1.807, 2.05) is 0 Å². The number of carboxylic acid groups (broad SMARTS) is 1. The number of rotatable bonds is 6. The van der Waals surface area contributed by atoms with E-state index in [1.54, 1.807) is 7.11 Å². The second-order valence-electron chi connectivity index (χ2n) is 4.39. The molecular formula is C12H21NO4. The van der Waals surface area contributed by atoms with Gasteiger partial charge in [0.15, 0.2) is 0 Å². The van der Waals surface area contributed by atoms with Crippen molar-refractivity contribution in [1.29, 1.82) is 0 Å². The Hall–Kier alpha value is -1.10. The van der Waals surface area contributed by atoms with Crippen LogP contribution in [-0.4, -0.2) is 48.2 Å². The molecule has 0 aromatic heterocycles. The topological polar surface area (TPSA) is 66.8 Å². The van der Waals surface area contributed by atoms with Gasteiger partial charge in [-0.2, -0.15) is 0 Å². The highest BCUT2D eigenvalue weighted by molar-refractivity contribution is 5.83. The van der Waals surface area contributed by atoms with Crippen LogP contribution in [0, 0.1) is 0 Å². The van der Waals surface area contributed by atoms with Crippen molar-refractivity contribution in [3.8, 4) is 0 Å². The maximum Gasteiger partial charge on any atom is 0.326 e. The van der Waals surface area contributed by atoms with Gasteiger partial charge in [0.1, 0.15) is 6.04 Å². The number of hydrogen-bond donors (Lipinski definition) is 1. The van der Waals surface area contributed by atoms with E-state index in [1.165, 1.54) is 4.90 Å². The highest BCUT2D eigenvalue weighted by atomic mass is 16.5. The summed E-state index contributed by atoms with van der Waals surface area (Å²) in [6.07, 6.45) is 4.40. The fraction of sp³-hybridized carbons (Fsp3) is 0.833. The Morgan fingerprint density at radius 3 is 2.88 bits per heavy atom. The van der Waals surface area contributed by atoms with Gasteiger partial charge in [-0.25, -0.2) is 4.79 Å². The van der Waals surface area contributed by atoms with Crippen LogP contribution in [0.25, 0.3) is 0 Å². The number of nitrogens with zero attached hydrogens (tertiary/aromatic N) is 1. The Bertz CT molecular complexity index is 267. The molecule has 0 radical (unpaired) electrons. The lowest BCUT2D eigenvalue weighted by Crippen LogP contribution is -2.45. The number of likely N-dealkylation sites (tertiary alicyclic amines) is 1. The Kier molecular flexibility index (Phi) is 5.97. The van der Waals surface area contributed by atoms with E-state index >= 15 is 0 Å². The van der Waals surface area contributed by atoms with Gasteiger partial charge in [0, 0.05) is 26.7 Å². The lowest BCUT2D eigenvalue weighted by Gasteiger charge is -2.27. The van der Waals surface area contributed by atoms with Crippen LogP contribution in [0.3, 0.4) is 0 Å². The summed E-state index contributed by atoms with van der Waals surface area (Å²) in [6, 6.07) is -0.684. The van der Waals surface area contributed by atoms with Crippen molar-refractivity contribution in [2.45, 2.75) is 44.6 Å². The molecule has 1 N–H and O–H groups in total. The van der Waals surface area contributed by atoms with Crippen molar-refractivity contribution >= 4 is 11.9 Å². The first-order chi connectivity index (χ1) is 8.16. The van der Waals surface area contributed by atoms with Gasteiger partial charge in [-0.1, -0.05) is 6.42 Å². The quantitative estimate of drug-likeness (QED) is 0.713. The average Bonchev–Trinajstić information content (AvgIpc) is 2.49. The summed E-state index contributed by atoms with van der Waals surface area (Å²) in [4.78, 5) is 24.6. The first-order valence-corrected chi connectivity index (χ1v) is 6.18. The molecule has 0 aliphatic carbocycles. The molecule has 0 spiro atoms. The molecule has 98 valence electrons. The lowest BCUT2D eigenvalue weighted by atomic mass is 10.1. The molecule has 5 heteroatoms. The number of carboxylic acids is 1. The Morgan fingerprint density at radius 1 is 1.47 bits per heavy atom. The molecule has 1 fully saturated rings. The molecule has 0 saturated carbocycles. The largest absolute Gasteiger partial charge is 0.480 e. The smallest absolute Gasteiger partial charge is 0.326 e. The fourth-order valence-corrected chi connectivity index (χ4v) is 2.17. The first kappa shape index (κ1) is 14.0. The van der Waals surface area contributed by atoms with E-state index in [0.717, 1.165) is 19.3 Å². The third kappa shape index (κ3) is 4.34. The molecule has 0 aromatic rings. The van der Waals surface area contributed by atoms with Gasteiger partial charge >= 0.3 is 5.97 Å². The summed E-state index contributed by atoms with van der Waals surface area (Å²) >= 11 is 0. The minimum absolute atomic E-state index is 0.0210. The molecule has 1 amide bonds. The van der Waals surface area contributed by atoms with E-state index in [0.29, 0.717) is 32.4 Å². The van der Waals surface area contributed by atoms with Crippen LogP contribution in [0.15, 0.2) is 0 Å². The summed E-state index contributed by atoms with van der Waals surface area (Å²) in [5, 5.41) is 9.20. The number of amides is 1. The number of aliphatic carboxylic acids is 1. The Labute approximate surface area is 102 Å². The molecule has 1 unspecified atom stereocenters. The highest BCUT2D eigenvalue weighted by Crippen LogP contribution is 2.17. The average molecular weight is 243 g/mol. The number of carbonyl (C=O) groups excluding carboxylic acids is 1. The normalized spacial score (nSPS) is 18.9. The van der Waals surface area contributed by atoms with Crippen molar-refractivity contribution in [3.05, 3.63) is 0 Å². The van der Waals surface area contributed by atoms with Crippen LogP contribution in [-0.2, 0) is 14.3 Å². The standard InChI is InChI=1S/C12H21NO4/c1-17-9-5-6-10(12(15)16)13-8-4-2-3-7-11(13)14/h10H,2-9H2,1H3,(H,15,16). The molecular weight excluding hydrogens is 222 g/mol. The summed E-state index contributed by atoms with van der Waals surface area (Å²) in [5.41, 5.74) is 0. The van der Waals surface area contributed by atoms with Crippen LogP contribution in [0.4, 0.5) is 0 Å². The molecule has 0 bridgehead atoms. The van der Waals surface area contributed by atoms with E-state index in [4.69, 9.17) is 4.74 Å². The summed E-state index contributed by atoms with van der Waals surface area (Å²) in [5.74, 6) is -0.927. The zero-order valence-corrected chi connectivity index (χ0v) is 10.4. The third-order valence-corrected chi connectivity index (χ3v) is 3.10. The van der Waals surface area contributed by atoms with Crippen LogP contribution < -0.4 is 0 Å². The van der Waals surface area contributed by atoms with Gasteiger partial charge in [-0.15, -0.1) is 0 Å². The van der Waals surface area contributed by atoms with Crippen LogP contribution >= 0.6 is 0 Å². The number of ether oxygens (including phenoxy) is 1. The summed E-state index contributed by atoms with van der Waals surface area (Å²) < 4.78 is 4.91. The van der Waals surface area contributed by atoms with Gasteiger partial charge in [-0.05, 0) is 25.7 Å². The minimum atomic E-state index is -0.906. The van der Waals surface area contributed by atoms with Gasteiger partial charge in [0.25, 0.3) is 0 Å². The minimum Gasteiger partial charge on any atom is -0.480 e. The molecule has 1 atom stereocenters. The molecule has 5 nitrogen and oxygen atoms in total. The second kappa shape index (κ2) is 7.27. The van der Waals surface area contributed by atoms with E-state index < -0.39 is 12.0 Å². The SMILES string of the molecule is COCCCC(C(=O)O)N1CCCCCC1=O. The van der Waals surface area contributed by atoms with Crippen molar-refractivity contribution in [2.75, 3.05) is 20.3 Å². The fourth-order valence-electron chi connectivity index (χ4n) is 2.17. The van der Waals surface area contributed by atoms with Crippen LogP contribution in [0.1, 0.15) is 38.5 Å². The molecule has 1 heterocycles. The lowest BCUT2D eigenvalue weighted by molar-refractivity contribution is -0.150. The Morgan fingerprint density at radius 2 is 2.24 bits per heavy atom. The Balaban J connectivity index is 2.60. The predicted octanol–water partition coefficient (Wildman–Crippen LogP) is 1.27. The molecule has 1 saturated heterocycles. The molecule has 1 aliphatic rings. The molecule has 0 aromatic carbocycles. The summed E-state index contributed by atoms with van der Waals surface area (Å²) in [6.45, 7) is 1.11. The van der Waals surface area contributed by atoms with Crippen LogP contribution in [0.2, 0.25) is 0 Å². The zero-order valence-electron chi connectivity index (χ0n) is 10.4. The predicted molar refractivity (Wildman–Crippen MR) is 62.7 cm³/mol. The van der Waals surface area contributed by atoms with E-state index in [2.05, 4.69) is 0 Å². The van der Waals surface area contributed by atoms with E-state index in [-0.39, 0.29) is 5.91 Å². The van der Waals surface area contributed by atoms with Gasteiger partial charge < -0.3 is 14.7 Å². The number of hydrogen-bond acceptors (Lipinski definition) is 3. The monoisotopic (exact) mass is 243 g/mol. The second-order valence-corrected chi connectivity index (χ2v) is 4.39. The first-order valence-electron chi connectivity index (χ1n) is 6.18. The van der Waals surface area contributed by atoms with Gasteiger partial charge in [0.2, 0.25) is 5.91 Å². The van der Waals surface area contributed by atoms with Crippen LogP contribution in [0.5, 0.6) is 0 Å². The maximum atomic E-state index is 11.8. The van der Waals surface area contributed by atoms with E-state index in [9.17, 15) is 14.7 Å². The summed E-state index contributed by atoms with van der Waals surface area (Å²) in [7, 11) is 1.59. The maximum absolute atomic E-state index is 11.8. The van der Waals surface area contributed by atoms with Crippen molar-refractivity contribution in [3.63, 3.8) is 0 Å². The van der Waals surface area contributed by atoms with Crippen molar-refractivity contribution in [1.82, 2.24) is 4.90 Å². The highest BCUT2D eigenvalue weighted by Gasteiger charge is 2.29.